The Morgan fingerprint density at radius 2 is 2.17 bits per heavy atom. The van der Waals surface area contributed by atoms with Crippen LogP contribution in [0.2, 0.25) is 0 Å². The van der Waals surface area contributed by atoms with Crippen molar-refractivity contribution in [3.8, 4) is 0 Å². The van der Waals surface area contributed by atoms with Gasteiger partial charge in [0.05, 0.1) is 10.9 Å². The number of para-hydroxylation sites is 1. The molecule has 0 saturated carbocycles. The van der Waals surface area contributed by atoms with E-state index in [9.17, 15) is 4.79 Å². The number of rotatable bonds is 3. The molecule has 1 saturated heterocycles. The third-order valence-electron chi connectivity index (χ3n) is 2.92. The summed E-state index contributed by atoms with van der Waals surface area (Å²) < 4.78 is 0. The Kier molecular flexibility index (Phi) is 4.60. The predicted octanol–water partition coefficient (Wildman–Crippen LogP) is 2.55. The molecule has 1 aromatic carbocycles. The first-order valence-corrected chi connectivity index (χ1v) is 7.45. The molecule has 1 fully saturated rings. The van der Waals surface area contributed by atoms with Crippen molar-refractivity contribution in [2.24, 2.45) is 5.73 Å². The van der Waals surface area contributed by atoms with E-state index in [0.29, 0.717) is 10.7 Å². The maximum atomic E-state index is 12.1. The van der Waals surface area contributed by atoms with Gasteiger partial charge in [-0.2, -0.15) is 0 Å². The van der Waals surface area contributed by atoms with Crippen molar-refractivity contribution >= 4 is 40.6 Å². The van der Waals surface area contributed by atoms with E-state index in [2.05, 4.69) is 5.32 Å². The molecule has 1 amide bonds. The minimum atomic E-state index is 0.0538. The van der Waals surface area contributed by atoms with E-state index in [1.165, 1.54) is 6.42 Å². The largest absolute Gasteiger partial charge is 0.389 e. The van der Waals surface area contributed by atoms with Crippen LogP contribution in [-0.4, -0.2) is 21.9 Å². The Morgan fingerprint density at radius 1 is 1.39 bits per heavy atom. The fourth-order valence-electron chi connectivity index (χ4n) is 1.97. The van der Waals surface area contributed by atoms with Gasteiger partial charge in [0.2, 0.25) is 5.91 Å². The summed E-state index contributed by atoms with van der Waals surface area (Å²) in [5.74, 6) is 1.12. The minimum absolute atomic E-state index is 0.0538. The summed E-state index contributed by atoms with van der Waals surface area (Å²) in [5.41, 5.74) is 7.08. The number of nitrogens with one attached hydrogen (secondary N) is 1. The summed E-state index contributed by atoms with van der Waals surface area (Å²) in [7, 11) is 0. The molecule has 0 bridgehead atoms. The van der Waals surface area contributed by atoms with E-state index in [0.717, 1.165) is 24.2 Å². The molecule has 3 N–H and O–H groups in total. The first-order chi connectivity index (χ1) is 8.68. The fraction of sp³-hybridized carbons (Fsp3) is 0.385. The van der Waals surface area contributed by atoms with Crippen molar-refractivity contribution < 1.29 is 4.79 Å². The van der Waals surface area contributed by atoms with E-state index >= 15 is 0 Å². The Balaban J connectivity index is 2.08. The number of benzene rings is 1. The first kappa shape index (κ1) is 13.4. The van der Waals surface area contributed by atoms with Gasteiger partial charge in [-0.05, 0) is 30.7 Å². The summed E-state index contributed by atoms with van der Waals surface area (Å²) >= 11 is 6.71. The predicted molar refractivity (Wildman–Crippen MR) is 81.1 cm³/mol. The van der Waals surface area contributed by atoms with E-state index in [-0.39, 0.29) is 11.2 Å². The molecule has 0 spiro atoms. The summed E-state index contributed by atoms with van der Waals surface area (Å²) in [5, 5.41) is 2.99. The van der Waals surface area contributed by atoms with Crippen molar-refractivity contribution in [1.29, 1.82) is 0 Å². The summed E-state index contributed by atoms with van der Waals surface area (Å²) in [6.45, 7) is 0. The quantitative estimate of drug-likeness (QED) is 0.836. The van der Waals surface area contributed by atoms with Gasteiger partial charge in [-0.25, -0.2) is 0 Å². The molecule has 3 nitrogen and oxygen atoms in total. The van der Waals surface area contributed by atoms with Gasteiger partial charge < -0.3 is 11.1 Å². The molecule has 0 radical (unpaired) electrons. The van der Waals surface area contributed by atoms with Crippen molar-refractivity contribution in [2.75, 3.05) is 11.1 Å². The Hall–Kier alpha value is -1.07. The second-order valence-electron chi connectivity index (χ2n) is 4.25. The number of hydrogen-bond donors (Lipinski definition) is 2. The van der Waals surface area contributed by atoms with Crippen molar-refractivity contribution in [3.63, 3.8) is 0 Å². The van der Waals surface area contributed by atoms with Gasteiger partial charge in [0.25, 0.3) is 0 Å². The van der Waals surface area contributed by atoms with Crippen LogP contribution in [0, 0.1) is 0 Å². The third kappa shape index (κ3) is 3.23. The van der Waals surface area contributed by atoms with E-state index in [4.69, 9.17) is 18.0 Å². The van der Waals surface area contributed by atoms with Crippen LogP contribution in [0.1, 0.15) is 24.8 Å². The smallest absolute Gasteiger partial charge is 0.237 e. The Labute approximate surface area is 117 Å². The Morgan fingerprint density at radius 3 is 2.83 bits per heavy atom. The molecule has 18 heavy (non-hydrogen) atoms. The van der Waals surface area contributed by atoms with Crippen LogP contribution < -0.4 is 11.1 Å². The van der Waals surface area contributed by atoms with E-state index in [1.54, 1.807) is 11.8 Å². The molecule has 1 heterocycles. The van der Waals surface area contributed by atoms with E-state index < -0.39 is 0 Å². The van der Waals surface area contributed by atoms with Crippen molar-refractivity contribution in [2.45, 2.75) is 24.5 Å². The number of carbonyl (C=O) groups excluding carboxylic acids is 1. The molecular formula is C13H16N2OS2. The normalized spacial score (nSPS) is 19.2. The van der Waals surface area contributed by atoms with Crippen molar-refractivity contribution in [3.05, 3.63) is 29.8 Å². The number of thioether (sulfide) groups is 1. The number of carbonyl (C=O) groups is 1. The molecule has 0 aromatic heterocycles. The van der Waals surface area contributed by atoms with Crippen molar-refractivity contribution in [1.82, 2.24) is 0 Å². The summed E-state index contributed by atoms with van der Waals surface area (Å²) in [6, 6.07) is 7.39. The Bertz CT molecular complexity index is 456. The highest BCUT2D eigenvalue weighted by Crippen LogP contribution is 2.26. The van der Waals surface area contributed by atoms with Crippen LogP contribution in [0.25, 0.3) is 0 Å². The molecule has 0 aliphatic carbocycles. The summed E-state index contributed by atoms with van der Waals surface area (Å²) in [6.07, 6.45) is 3.28. The zero-order valence-corrected chi connectivity index (χ0v) is 11.7. The zero-order chi connectivity index (χ0) is 13.0. The molecule has 2 rings (SSSR count). The highest BCUT2D eigenvalue weighted by atomic mass is 32.2. The molecule has 96 valence electrons. The second-order valence-corrected chi connectivity index (χ2v) is 6.00. The van der Waals surface area contributed by atoms with Gasteiger partial charge in [-0.15, -0.1) is 11.8 Å². The minimum Gasteiger partial charge on any atom is -0.389 e. The monoisotopic (exact) mass is 280 g/mol. The van der Waals surface area contributed by atoms with Crippen LogP contribution in [0.4, 0.5) is 5.69 Å². The average Bonchev–Trinajstić information content (AvgIpc) is 2.40. The molecule has 1 aromatic rings. The van der Waals surface area contributed by atoms with Gasteiger partial charge in [0.15, 0.2) is 0 Å². The first-order valence-electron chi connectivity index (χ1n) is 6.00. The second kappa shape index (κ2) is 6.20. The maximum absolute atomic E-state index is 12.1. The number of nitrogens with two attached hydrogens (primary N) is 1. The topological polar surface area (TPSA) is 55.1 Å². The van der Waals surface area contributed by atoms with Gasteiger partial charge >= 0.3 is 0 Å². The molecule has 5 heteroatoms. The standard InChI is InChI=1S/C13H16N2OS2/c14-12(17)9-5-1-2-6-10(9)15-13(16)11-7-3-4-8-18-11/h1-2,5-6,11H,3-4,7-8H2,(H2,14,17)(H,15,16). The van der Waals surface area contributed by atoms with Gasteiger partial charge in [0, 0.05) is 5.56 Å². The maximum Gasteiger partial charge on any atom is 0.237 e. The third-order valence-corrected chi connectivity index (χ3v) is 4.52. The zero-order valence-electron chi connectivity index (χ0n) is 10.0. The number of anilines is 1. The van der Waals surface area contributed by atoms with Crippen LogP contribution in [0.15, 0.2) is 24.3 Å². The molecule has 1 unspecified atom stereocenters. The lowest BCUT2D eigenvalue weighted by Gasteiger charge is -2.21. The van der Waals surface area contributed by atoms with Gasteiger partial charge in [0.1, 0.15) is 4.99 Å². The molecular weight excluding hydrogens is 264 g/mol. The van der Waals surface area contributed by atoms with Crippen LogP contribution in [-0.2, 0) is 4.79 Å². The van der Waals surface area contributed by atoms with Gasteiger partial charge in [-0.1, -0.05) is 30.8 Å². The number of hydrogen-bond acceptors (Lipinski definition) is 3. The molecule has 1 aliphatic heterocycles. The number of amides is 1. The van der Waals surface area contributed by atoms with Crippen LogP contribution in [0.5, 0.6) is 0 Å². The fourth-order valence-corrected chi connectivity index (χ4v) is 3.34. The average molecular weight is 280 g/mol. The lowest BCUT2D eigenvalue weighted by Crippen LogP contribution is -2.28. The molecule has 1 aliphatic rings. The van der Waals surface area contributed by atoms with E-state index in [1.807, 2.05) is 24.3 Å². The number of thiocarbonyl (C=S) groups is 1. The highest BCUT2D eigenvalue weighted by molar-refractivity contribution is 8.00. The lowest BCUT2D eigenvalue weighted by molar-refractivity contribution is -0.115. The summed E-state index contributed by atoms with van der Waals surface area (Å²) in [4.78, 5) is 12.4. The van der Waals surface area contributed by atoms with Crippen LogP contribution >= 0.6 is 24.0 Å². The molecule has 1 atom stereocenters. The lowest BCUT2D eigenvalue weighted by atomic mass is 10.1. The highest BCUT2D eigenvalue weighted by Gasteiger charge is 2.22. The SMILES string of the molecule is NC(=S)c1ccccc1NC(=O)C1CCCCS1. The van der Waals surface area contributed by atoms with Crippen LogP contribution in [0.3, 0.4) is 0 Å². The van der Waals surface area contributed by atoms with Gasteiger partial charge in [-0.3, -0.25) is 4.79 Å².